The number of nitrogens with two attached hydrogens (primary N) is 1. The fraction of sp³-hybridized carbons (Fsp3) is 0.400. The average Bonchev–Trinajstić information content (AvgIpc) is 1.58. The van der Waals surface area contributed by atoms with E-state index in [4.69, 9.17) is 10.5 Å². The lowest BCUT2D eigenvalue weighted by Gasteiger charge is -2.36. The summed E-state index contributed by atoms with van der Waals surface area (Å²) in [5, 5.41) is 74.7. The third-order valence-corrected chi connectivity index (χ3v) is 20.0. The van der Waals surface area contributed by atoms with Crippen LogP contribution >= 0.6 is 0 Å². The maximum absolute atomic E-state index is 15.7. The third-order valence-electron chi connectivity index (χ3n) is 20.0. The molecular weight excluding hydrogens is 1510 g/mol. The quantitative estimate of drug-likeness (QED) is 0.0242. The number of carbonyl (C=O) groups is 13. The molecule has 3 aromatic heterocycles. The lowest BCUT2D eigenvalue weighted by atomic mass is 9.90. The molecule has 0 saturated carbocycles. The number of likely N-dealkylation sites (tertiary alicyclic amines) is 1. The maximum Gasteiger partial charge on any atom is 0.305 e. The smallest absolute Gasteiger partial charge is 0.305 e. The molecule has 1 fully saturated rings. The normalized spacial score (nSPS) is 16.2. The van der Waals surface area contributed by atoms with Crippen molar-refractivity contribution in [2.45, 2.75) is 184 Å². The number of aliphatic carboxylic acids is 2. The molecule has 1 aliphatic heterocycles. The van der Waals surface area contributed by atoms with Gasteiger partial charge in [-0.3, -0.25) is 67.3 Å². The van der Waals surface area contributed by atoms with Crippen LogP contribution in [0.25, 0.3) is 22.3 Å². The number of hydrogen-bond donors (Lipinski definition) is 17. The van der Waals surface area contributed by atoms with Crippen LogP contribution in [0.4, 0.5) is 4.39 Å². The Labute approximate surface area is 666 Å². The van der Waals surface area contributed by atoms with Gasteiger partial charge in [-0.25, -0.2) is 14.4 Å². The molecule has 35 nitrogen and oxygen atoms in total. The van der Waals surface area contributed by atoms with Gasteiger partial charge in [-0.2, -0.15) is 0 Å². The van der Waals surface area contributed by atoms with E-state index in [9.17, 15) is 87.9 Å². The Bertz CT molecular complexity index is 4680. The summed E-state index contributed by atoms with van der Waals surface area (Å²) >= 11 is 0. The topological polar surface area (TPSA) is 540 Å². The Kier molecular flexibility index (Phi) is 31.2. The Morgan fingerprint density at radius 3 is 1.85 bits per heavy atom. The number of aliphatic hydroxyl groups excluding tert-OH is 3. The van der Waals surface area contributed by atoms with Crippen molar-refractivity contribution in [2.75, 3.05) is 20.2 Å². The van der Waals surface area contributed by atoms with Crippen molar-refractivity contribution >= 4 is 76.9 Å². The van der Waals surface area contributed by atoms with Crippen LogP contribution < -0.4 is 58.3 Å². The summed E-state index contributed by atoms with van der Waals surface area (Å²) in [5.74, 6) is -15.6. The maximum atomic E-state index is 15.7. The molecule has 36 heteroatoms. The van der Waals surface area contributed by atoms with E-state index in [1.807, 2.05) is 50.2 Å². The number of halogens is 1. The van der Waals surface area contributed by atoms with Gasteiger partial charge in [0.05, 0.1) is 44.9 Å². The van der Waals surface area contributed by atoms with Gasteiger partial charge >= 0.3 is 11.9 Å². The van der Waals surface area contributed by atoms with Crippen LogP contribution in [0.2, 0.25) is 0 Å². The van der Waals surface area contributed by atoms with E-state index >= 15 is 4.39 Å². The second-order valence-electron chi connectivity index (χ2n) is 28.8. The molecule has 4 aromatic carbocycles. The number of aromatic amines is 2. The predicted octanol–water partition coefficient (Wildman–Crippen LogP) is 0.107. The first-order chi connectivity index (χ1) is 55.1. The first-order valence-electron chi connectivity index (χ1n) is 37.4. The number of aliphatic hydroxyl groups is 3. The van der Waals surface area contributed by atoms with Gasteiger partial charge in [-0.15, -0.1) is 0 Å². The van der Waals surface area contributed by atoms with Gasteiger partial charge in [-0.05, 0) is 135 Å². The number of H-pyrrole nitrogens is 2. The van der Waals surface area contributed by atoms with Crippen molar-refractivity contribution in [3.63, 3.8) is 0 Å². The molecule has 0 spiro atoms. The third kappa shape index (κ3) is 23.9. The second kappa shape index (κ2) is 40.8. The predicted molar refractivity (Wildman–Crippen MR) is 414 cm³/mol. The zero-order valence-corrected chi connectivity index (χ0v) is 64.9. The van der Waals surface area contributed by atoms with Crippen molar-refractivity contribution in [3.8, 4) is 28.0 Å². The Hall–Kier alpha value is -12.8. The highest BCUT2D eigenvalue weighted by atomic mass is 19.1. The van der Waals surface area contributed by atoms with Crippen LogP contribution in [0.1, 0.15) is 106 Å². The van der Waals surface area contributed by atoms with Gasteiger partial charge in [0.2, 0.25) is 59.1 Å². The minimum atomic E-state index is -2.42. The zero-order chi connectivity index (χ0) is 84.7. The van der Waals surface area contributed by atoms with E-state index < -0.39 is 193 Å². The number of carbonyl (C=O) groups excluding carboxylic acids is 11. The fourth-order valence-corrected chi connectivity index (χ4v) is 13.4. The number of imidazole rings is 2. The lowest BCUT2D eigenvalue weighted by Crippen LogP contribution is -2.67. The SMILES string of the molecule is CCc1cc(OC)ccc1-c1ccc(C[C@H](NC(=O)[C@H](CC(=O)O)NC(=O)[C@H](Cc2cnc[nH]2)NC(=O)[C@@H](NC(=O)[C@@](C)(Cc2ccccc2F)NC(=O)[C@@H](NC(=O)CNC(=O)[C@H](CCC(=O)O)NC(=O)[C@]2(C)CCCN2C(=O)[C@@H](O)Cc2cnc[nH]2)[C@@H](C)O)[C@@H](C)O)C(=O)N[C@@H](Cc2cnccc2-c2ccccc2C)C(N)=O)cc1. The van der Waals surface area contributed by atoms with E-state index in [1.165, 1.54) is 56.4 Å². The van der Waals surface area contributed by atoms with Gasteiger partial charge in [0.25, 0.3) is 5.91 Å². The lowest BCUT2D eigenvalue weighted by molar-refractivity contribution is -0.151. The molecule has 0 aliphatic carbocycles. The molecule has 1 saturated heterocycles. The number of nitrogens with zero attached hydrogens (tertiary/aromatic N) is 4. The monoisotopic (exact) mass is 1600 g/mol. The summed E-state index contributed by atoms with van der Waals surface area (Å²) in [7, 11) is 1.55. The fourth-order valence-electron chi connectivity index (χ4n) is 13.4. The Morgan fingerprint density at radius 2 is 1.24 bits per heavy atom. The number of aromatic nitrogens is 5. The summed E-state index contributed by atoms with van der Waals surface area (Å²) in [5.41, 5.74) is 8.29. The van der Waals surface area contributed by atoms with Crippen LogP contribution in [0.5, 0.6) is 5.75 Å². The number of aryl methyl sites for hydroxylation is 2. The van der Waals surface area contributed by atoms with Gasteiger partial charge in [0, 0.05) is 81.2 Å². The Balaban J connectivity index is 0.997. The highest BCUT2D eigenvalue weighted by Gasteiger charge is 2.49. The molecule has 12 atom stereocenters. The summed E-state index contributed by atoms with van der Waals surface area (Å²) in [4.78, 5) is 200. The van der Waals surface area contributed by atoms with E-state index in [0.29, 0.717) is 41.0 Å². The highest BCUT2D eigenvalue weighted by Crippen LogP contribution is 2.33. The number of carboxylic acid groups (broad SMARTS) is 2. The van der Waals surface area contributed by atoms with Gasteiger partial charge in [0.15, 0.2) is 0 Å². The van der Waals surface area contributed by atoms with Crippen LogP contribution in [-0.4, -0.2) is 224 Å². The first-order valence-corrected chi connectivity index (χ1v) is 37.4. The first kappa shape index (κ1) is 88.7. The van der Waals surface area contributed by atoms with E-state index in [0.717, 1.165) is 59.6 Å². The second-order valence-corrected chi connectivity index (χ2v) is 28.8. The van der Waals surface area contributed by atoms with Gasteiger partial charge in [-0.1, -0.05) is 79.7 Å². The largest absolute Gasteiger partial charge is 0.497 e. The van der Waals surface area contributed by atoms with E-state index in [-0.39, 0.29) is 43.5 Å². The van der Waals surface area contributed by atoms with Crippen molar-refractivity contribution in [1.82, 2.24) is 77.7 Å². The highest BCUT2D eigenvalue weighted by molar-refractivity contribution is 6.01. The number of amides is 11. The van der Waals surface area contributed by atoms with Crippen LogP contribution in [-0.2, 0) is 101 Å². The number of benzene rings is 4. The summed E-state index contributed by atoms with van der Waals surface area (Å²) < 4.78 is 21.1. The summed E-state index contributed by atoms with van der Waals surface area (Å²) in [6.07, 6.45) is -0.204. The molecule has 7 aromatic rings. The number of hydrogen-bond acceptors (Lipinski definition) is 20. The van der Waals surface area contributed by atoms with Crippen molar-refractivity contribution < 1.29 is 97.0 Å². The molecule has 8 rings (SSSR count). The number of carboxylic acids is 2. The molecule has 0 radical (unpaired) electrons. The van der Waals surface area contributed by atoms with Crippen LogP contribution in [0, 0.1) is 12.7 Å². The van der Waals surface area contributed by atoms with E-state index in [1.54, 1.807) is 49.7 Å². The molecular formula is C80H97FN16O19. The summed E-state index contributed by atoms with van der Waals surface area (Å²) in [6, 6.07) is 14.0. The number of ether oxygens (including phenoxy) is 1. The molecule has 116 heavy (non-hydrogen) atoms. The minimum Gasteiger partial charge on any atom is -0.497 e. The van der Waals surface area contributed by atoms with Crippen LogP contribution in [0.15, 0.2) is 135 Å². The average molecular weight is 1610 g/mol. The zero-order valence-electron chi connectivity index (χ0n) is 64.9. The minimum absolute atomic E-state index is 0.0416. The standard InChI is InChI=1S/C80H97FN16O19/c1-8-47-31-53(116-7)22-23-55(47)48-20-18-46(19-21-48)30-60(71(108)89-59(69(82)106)32-50-37-83-28-26-56(50)54-16-11-9-14-43(54)2)90-73(110)62(35-66(104)105)91-72(109)61(33-51-38-84-41-87-51)92-74(111)67(44(3)98)95-77(114)79(5,36-49-15-10-12-17-57(49)81)96-75(112)68(45(4)99)94-64(101)40-86-70(107)58(24-25-65(102)103)93-78(115)80(6)27-13-29-97(80)76(113)63(100)34-52-39-85-42-88-52/h9-12,14-23,26,28,31,37-39,41-42,44-45,58-63,67-68,98-100H,8,13,24-25,27,29-30,32-36,40H2,1-7H3,(H2,82,106)(H,84,87)(H,85,88)(H,86,107)(H,89,108)(H,90,110)(H,91,109)(H,92,111)(H,93,115)(H,94,101)(H,95,114)(H,96,112)(H,102,103)(H,104,105)/t44-,45-,58+,59+,60+,61+,62+,63+,67+,68+,79-,80+/m1/s1. The molecule has 1 aliphatic rings. The van der Waals surface area contributed by atoms with Gasteiger partial charge < -0.3 is 98.7 Å². The van der Waals surface area contributed by atoms with Crippen LogP contribution in [0.3, 0.4) is 0 Å². The van der Waals surface area contributed by atoms with Crippen molar-refractivity contribution in [2.24, 2.45) is 5.73 Å². The molecule has 4 heterocycles. The number of rotatable bonds is 41. The molecule has 18 N–H and O–H groups in total. The number of nitrogens with one attached hydrogen (secondary N) is 11. The summed E-state index contributed by atoms with van der Waals surface area (Å²) in [6.45, 7) is 7.50. The van der Waals surface area contributed by atoms with E-state index in [2.05, 4.69) is 72.8 Å². The molecule has 618 valence electrons. The molecule has 0 unspecified atom stereocenters. The Morgan fingerprint density at radius 1 is 0.629 bits per heavy atom. The van der Waals surface area contributed by atoms with Crippen molar-refractivity contribution in [3.05, 3.63) is 180 Å². The number of pyridine rings is 1. The van der Waals surface area contributed by atoms with Gasteiger partial charge in [0.1, 0.15) is 71.0 Å². The number of primary amides is 1. The molecule has 11 amide bonds. The molecule has 0 bridgehead atoms. The number of methoxy groups -OCH3 is 1. The van der Waals surface area contributed by atoms with Crippen molar-refractivity contribution in [1.29, 1.82) is 0 Å².